The lowest BCUT2D eigenvalue weighted by molar-refractivity contribution is -0.139. The number of hydrogen-bond acceptors (Lipinski definition) is 6. The zero-order chi connectivity index (χ0) is 22.9. The maximum atomic E-state index is 12.8. The van der Waals surface area contributed by atoms with Crippen molar-refractivity contribution in [2.24, 2.45) is 0 Å². The van der Waals surface area contributed by atoms with Gasteiger partial charge in [-0.15, -0.1) is 0 Å². The second-order valence-electron chi connectivity index (χ2n) is 7.08. The lowest BCUT2D eigenvalue weighted by atomic mass is 10.1. The number of para-hydroxylation sites is 1. The monoisotopic (exact) mass is 441 g/mol. The summed E-state index contributed by atoms with van der Waals surface area (Å²) in [7, 11) is 3.14. The lowest BCUT2D eigenvalue weighted by Crippen LogP contribution is -2.47. The van der Waals surface area contributed by atoms with E-state index in [1.807, 2.05) is 24.3 Å². The number of carbonyl (C=O) groups is 3. The van der Waals surface area contributed by atoms with E-state index in [9.17, 15) is 14.4 Å². The third-order valence-electron chi connectivity index (χ3n) is 5.10. The summed E-state index contributed by atoms with van der Waals surface area (Å²) in [6, 6.07) is 14.2. The molecule has 3 amide bonds. The molecule has 0 bridgehead atoms. The Labute approximate surface area is 186 Å². The second-order valence-corrected chi connectivity index (χ2v) is 7.08. The Morgan fingerprint density at radius 1 is 1.00 bits per heavy atom. The Kier molecular flexibility index (Phi) is 8.04. The molecule has 0 saturated carbocycles. The van der Waals surface area contributed by atoms with Crippen LogP contribution in [0.15, 0.2) is 48.5 Å². The zero-order valence-corrected chi connectivity index (χ0v) is 18.1. The third-order valence-corrected chi connectivity index (χ3v) is 5.10. The maximum Gasteiger partial charge on any atom is 0.309 e. The maximum absolute atomic E-state index is 12.8. The van der Waals surface area contributed by atoms with E-state index in [4.69, 9.17) is 14.2 Å². The zero-order valence-electron chi connectivity index (χ0n) is 18.1. The first-order valence-electron chi connectivity index (χ1n) is 10.3. The Hall–Kier alpha value is -3.59. The van der Waals surface area contributed by atoms with Gasteiger partial charge in [0, 0.05) is 18.7 Å². The molecule has 0 radical (unpaired) electrons. The number of methoxy groups -OCH3 is 2. The predicted molar refractivity (Wildman–Crippen MR) is 116 cm³/mol. The molecule has 0 spiro atoms. The van der Waals surface area contributed by atoms with Gasteiger partial charge < -0.3 is 29.7 Å². The fraction of sp³-hybridized carbons (Fsp3) is 0.348. The van der Waals surface area contributed by atoms with Gasteiger partial charge in [-0.1, -0.05) is 18.2 Å². The number of nitrogens with one attached hydrogen (secondary N) is 2. The fourth-order valence-electron chi connectivity index (χ4n) is 3.38. The van der Waals surface area contributed by atoms with Crippen LogP contribution in [0.5, 0.6) is 11.5 Å². The highest BCUT2D eigenvalue weighted by Gasteiger charge is 2.31. The van der Waals surface area contributed by atoms with Crippen LogP contribution >= 0.6 is 0 Å². The predicted octanol–water partition coefficient (Wildman–Crippen LogP) is 0.977. The summed E-state index contributed by atoms with van der Waals surface area (Å²) in [4.78, 5) is 38.6. The molecule has 1 aliphatic heterocycles. The molecule has 0 aliphatic carbocycles. The van der Waals surface area contributed by atoms with Crippen molar-refractivity contribution in [1.82, 2.24) is 15.5 Å². The molecular weight excluding hydrogens is 414 g/mol. The molecule has 1 heterocycles. The topological polar surface area (TPSA) is 106 Å². The van der Waals surface area contributed by atoms with Crippen LogP contribution < -0.4 is 20.1 Å². The minimum Gasteiger partial charge on any atom is -0.497 e. The van der Waals surface area contributed by atoms with E-state index in [2.05, 4.69) is 10.6 Å². The number of benzene rings is 2. The van der Waals surface area contributed by atoms with Crippen LogP contribution in [0, 0.1) is 0 Å². The van der Waals surface area contributed by atoms with Crippen molar-refractivity contribution in [2.45, 2.75) is 12.6 Å². The fourth-order valence-corrected chi connectivity index (χ4v) is 3.38. The Balaban J connectivity index is 1.46. The Morgan fingerprint density at radius 2 is 1.72 bits per heavy atom. The van der Waals surface area contributed by atoms with Crippen molar-refractivity contribution in [3.05, 3.63) is 59.7 Å². The summed E-state index contributed by atoms with van der Waals surface area (Å²) >= 11 is 0. The lowest BCUT2D eigenvalue weighted by Gasteiger charge is -2.23. The molecule has 9 nitrogen and oxygen atoms in total. The molecule has 1 saturated heterocycles. The van der Waals surface area contributed by atoms with E-state index < -0.39 is 18.0 Å². The average molecular weight is 441 g/mol. The molecule has 3 rings (SSSR count). The summed E-state index contributed by atoms with van der Waals surface area (Å²) in [5.41, 5.74) is 1.42. The van der Waals surface area contributed by atoms with Crippen molar-refractivity contribution in [1.29, 1.82) is 0 Å². The molecule has 0 unspecified atom stereocenters. The largest absolute Gasteiger partial charge is 0.497 e. The molecule has 170 valence electrons. The van der Waals surface area contributed by atoms with Gasteiger partial charge in [-0.3, -0.25) is 14.4 Å². The van der Waals surface area contributed by atoms with Crippen molar-refractivity contribution >= 4 is 17.7 Å². The number of ether oxygens (including phenoxy) is 3. The molecule has 1 aliphatic rings. The molecule has 9 heteroatoms. The molecule has 2 N–H and O–H groups in total. The van der Waals surface area contributed by atoms with Gasteiger partial charge in [-0.05, 0) is 42.3 Å². The first kappa shape index (κ1) is 23.1. The van der Waals surface area contributed by atoms with E-state index in [-0.39, 0.29) is 19.0 Å². The summed E-state index contributed by atoms with van der Waals surface area (Å²) < 4.78 is 15.9. The van der Waals surface area contributed by atoms with Gasteiger partial charge in [0.2, 0.25) is 0 Å². The van der Waals surface area contributed by atoms with Crippen LogP contribution in [-0.2, 0) is 20.7 Å². The van der Waals surface area contributed by atoms with Gasteiger partial charge in [0.1, 0.15) is 17.7 Å². The van der Waals surface area contributed by atoms with Gasteiger partial charge in [0.15, 0.2) is 0 Å². The number of carbonyl (C=O) groups excluding carboxylic acids is 3. The van der Waals surface area contributed by atoms with Crippen LogP contribution in [-0.4, -0.2) is 69.3 Å². The number of hydrogen-bond donors (Lipinski definition) is 2. The molecule has 32 heavy (non-hydrogen) atoms. The number of rotatable bonds is 8. The van der Waals surface area contributed by atoms with Crippen molar-refractivity contribution in [2.75, 3.05) is 40.5 Å². The smallest absolute Gasteiger partial charge is 0.309 e. The van der Waals surface area contributed by atoms with E-state index in [0.29, 0.717) is 30.9 Å². The van der Waals surface area contributed by atoms with Crippen LogP contribution in [0.1, 0.15) is 15.9 Å². The Bertz CT molecular complexity index is 947. The third kappa shape index (κ3) is 5.76. The van der Waals surface area contributed by atoms with Gasteiger partial charge >= 0.3 is 11.8 Å². The second kappa shape index (κ2) is 11.1. The Morgan fingerprint density at radius 3 is 2.44 bits per heavy atom. The molecule has 0 aromatic heterocycles. The first-order valence-corrected chi connectivity index (χ1v) is 10.3. The number of nitrogens with zero attached hydrogens (tertiary/aromatic N) is 1. The van der Waals surface area contributed by atoms with E-state index in [1.165, 1.54) is 4.90 Å². The first-order chi connectivity index (χ1) is 15.5. The van der Waals surface area contributed by atoms with Crippen molar-refractivity contribution in [3.8, 4) is 11.5 Å². The molecule has 2 aromatic rings. The van der Waals surface area contributed by atoms with E-state index in [1.54, 1.807) is 38.5 Å². The SMILES string of the molecule is COc1ccc(C(=O)N2CCO[C@H]2CNC(=O)C(=O)NCCc2ccccc2OC)cc1. The molecule has 2 aromatic carbocycles. The van der Waals surface area contributed by atoms with E-state index >= 15 is 0 Å². The molecular formula is C23H27N3O6. The summed E-state index contributed by atoms with van der Waals surface area (Å²) in [6.07, 6.45) is -0.117. The van der Waals surface area contributed by atoms with Crippen LogP contribution in [0.2, 0.25) is 0 Å². The van der Waals surface area contributed by atoms with E-state index in [0.717, 1.165) is 11.3 Å². The molecule has 1 atom stereocenters. The van der Waals surface area contributed by atoms with Crippen LogP contribution in [0.25, 0.3) is 0 Å². The van der Waals surface area contributed by atoms with Gasteiger partial charge in [-0.25, -0.2) is 0 Å². The highest BCUT2D eigenvalue weighted by molar-refractivity contribution is 6.35. The van der Waals surface area contributed by atoms with Gasteiger partial charge in [0.05, 0.1) is 27.4 Å². The minimum atomic E-state index is -0.780. The van der Waals surface area contributed by atoms with Crippen molar-refractivity contribution in [3.63, 3.8) is 0 Å². The summed E-state index contributed by atoms with van der Waals surface area (Å²) in [5.74, 6) is -0.361. The van der Waals surface area contributed by atoms with Gasteiger partial charge in [0.25, 0.3) is 5.91 Å². The molecule has 1 fully saturated rings. The minimum absolute atomic E-state index is 0.0145. The van der Waals surface area contributed by atoms with Crippen LogP contribution in [0.3, 0.4) is 0 Å². The summed E-state index contributed by atoms with van der Waals surface area (Å²) in [5, 5.41) is 5.12. The summed E-state index contributed by atoms with van der Waals surface area (Å²) in [6.45, 7) is 1.05. The van der Waals surface area contributed by atoms with Gasteiger partial charge in [-0.2, -0.15) is 0 Å². The standard InChI is InChI=1S/C23H27N3O6/c1-30-18-9-7-17(8-10-18)23(29)26-13-14-32-20(26)15-25-22(28)21(27)24-12-11-16-5-3-4-6-19(16)31-2/h3-10,20H,11-15H2,1-2H3,(H,24,27)(H,25,28)/t20-/m0/s1. The van der Waals surface area contributed by atoms with Crippen molar-refractivity contribution < 1.29 is 28.6 Å². The highest BCUT2D eigenvalue weighted by atomic mass is 16.5. The number of amides is 3. The quantitative estimate of drug-likeness (QED) is 0.592. The van der Waals surface area contributed by atoms with Crippen LogP contribution in [0.4, 0.5) is 0 Å². The highest BCUT2D eigenvalue weighted by Crippen LogP contribution is 2.18. The normalized spacial score (nSPS) is 15.2. The average Bonchev–Trinajstić information content (AvgIpc) is 3.31.